The van der Waals surface area contributed by atoms with Gasteiger partial charge in [-0.1, -0.05) is 11.6 Å². The fourth-order valence-corrected chi connectivity index (χ4v) is 3.73. The van der Waals surface area contributed by atoms with E-state index in [0.29, 0.717) is 20.8 Å². The number of aromatic nitrogens is 1. The number of anilines is 2. The summed E-state index contributed by atoms with van der Waals surface area (Å²) in [7, 11) is 1.10. The second-order valence-electron chi connectivity index (χ2n) is 9.20. The number of halogens is 6. The van der Waals surface area contributed by atoms with Gasteiger partial charge < -0.3 is 9.64 Å². The molecular weight excluding hydrogens is 527 g/mol. The Balaban J connectivity index is 2.10. The Labute approximate surface area is 213 Å². The first-order valence-electron chi connectivity index (χ1n) is 10.7. The lowest BCUT2D eigenvalue weighted by Gasteiger charge is -2.27. The highest BCUT2D eigenvalue weighted by Crippen LogP contribution is 2.35. The molecular formula is C23H22ClF5N4O4. The number of hydrogen-bond donors (Lipinski definition) is 0. The van der Waals surface area contributed by atoms with Gasteiger partial charge in [0.1, 0.15) is 28.3 Å². The molecule has 8 nitrogen and oxygen atoms in total. The molecule has 1 saturated heterocycles. The summed E-state index contributed by atoms with van der Waals surface area (Å²) in [5.74, 6) is -3.93. The van der Waals surface area contributed by atoms with Crippen LogP contribution in [0.5, 0.6) is 0 Å². The number of urea groups is 1. The SMILES string of the molecule is Cc1cc(C(F)(F)F)cc(N2C(=O)N(C(=O)OC(C)(C)C)C[C@H]2C(=O)N(C)c2ccc(F)c(Cl)c2F)n1. The lowest BCUT2D eigenvalue weighted by molar-refractivity contribution is -0.137. The van der Waals surface area contributed by atoms with E-state index in [-0.39, 0.29) is 5.69 Å². The number of pyridine rings is 1. The Bertz CT molecular complexity index is 1260. The standard InChI is InChI=1S/C23H22ClF5N4O4/c1-11-8-12(23(27,28)29)9-16(30-11)33-15(10-32(20(33)35)21(36)37-22(2,3)4)19(34)31(5)14-7-6-13(25)17(24)18(14)26/h6-9,15H,10H2,1-5H3/t15-/m0/s1. The Kier molecular flexibility index (Phi) is 7.42. The van der Waals surface area contributed by atoms with Crippen molar-refractivity contribution in [1.82, 2.24) is 9.88 Å². The minimum absolute atomic E-state index is 0.121. The molecule has 0 unspecified atom stereocenters. The highest BCUT2D eigenvalue weighted by molar-refractivity contribution is 6.31. The Hall–Kier alpha value is -3.48. The molecule has 1 aliphatic heterocycles. The molecule has 0 radical (unpaired) electrons. The maximum Gasteiger partial charge on any atom is 0.418 e. The highest BCUT2D eigenvalue weighted by atomic mass is 35.5. The molecule has 1 aromatic carbocycles. The summed E-state index contributed by atoms with van der Waals surface area (Å²) in [6.45, 7) is 5.18. The summed E-state index contributed by atoms with van der Waals surface area (Å²) < 4.78 is 73.8. The summed E-state index contributed by atoms with van der Waals surface area (Å²) in [4.78, 5) is 45.2. The van der Waals surface area contributed by atoms with Crippen molar-refractivity contribution >= 4 is 41.1 Å². The van der Waals surface area contributed by atoms with Gasteiger partial charge in [0.25, 0.3) is 5.91 Å². The zero-order valence-corrected chi connectivity index (χ0v) is 21.0. The number of alkyl halides is 3. The molecule has 0 bridgehead atoms. The van der Waals surface area contributed by atoms with Crippen LogP contribution in [-0.2, 0) is 15.7 Å². The van der Waals surface area contributed by atoms with Crippen molar-refractivity contribution in [2.24, 2.45) is 0 Å². The van der Waals surface area contributed by atoms with Crippen molar-refractivity contribution in [1.29, 1.82) is 0 Å². The minimum Gasteiger partial charge on any atom is -0.443 e. The molecule has 4 amide bonds. The first-order valence-corrected chi connectivity index (χ1v) is 11.1. The van der Waals surface area contributed by atoms with Gasteiger partial charge in [-0.05, 0) is 52.0 Å². The maximum absolute atomic E-state index is 14.6. The van der Waals surface area contributed by atoms with Crippen LogP contribution >= 0.6 is 11.6 Å². The van der Waals surface area contributed by atoms with Gasteiger partial charge in [0.2, 0.25) is 0 Å². The number of aryl methyl sites for hydroxylation is 1. The first kappa shape index (κ1) is 28.1. The van der Waals surface area contributed by atoms with Gasteiger partial charge in [-0.2, -0.15) is 13.2 Å². The van der Waals surface area contributed by atoms with Crippen molar-refractivity contribution in [3.8, 4) is 0 Å². The van der Waals surface area contributed by atoms with Gasteiger partial charge in [-0.15, -0.1) is 0 Å². The van der Waals surface area contributed by atoms with E-state index < -0.39 is 76.1 Å². The van der Waals surface area contributed by atoms with Crippen LogP contribution in [0.1, 0.15) is 32.0 Å². The number of carbonyl (C=O) groups is 3. The summed E-state index contributed by atoms with van der Waals surface area (Å²) in [5, 5.41) is -0.887. The molecule has 3 rings (SSSR count). The van der Waals surface area contributed by atoms with E-state index in [0.717, 1.165) is 25.2 Å². The van der Waals surface area contributed by atoms with Crippen LogP contribution in [0.4, 0.5) is 43.0 Å². The Morgan fingerprint density at radius 3 is 2.35 bits per heavy atom. The van der Waals surface area contributed by atoms with E-state index in [4.69, 9.17) is 16.3 Å². The average Bonchev–Trinajstić information content (AvgIpc) is 3.11. The smallest absolute Gasteiger partial charge is 0.418 e. The number of imide groups is 1. The normalized spacial score (nSPS) is 16.3. The fraction of sp³-hybridized carbons (Fsp3) is 0.391. The summed E-state index contributed by atoms with van der Waals surface area (Å²) in [6.07, 6.45) is -5.96. The van der Waals surface area contributed by atoms with E-state index in [1.807, 2.05) is 0 Å². The van der Waals surface area contributed by atoms with E-state index in [2.05, 4.69) is 4.98 Å². The van der Waals surface area contributed by atoms with Crippen molar-refractivity contribution in [3.63, 3.8) is 0 Å². The third kappa shape index (κ3) is 5.76. The monoisotopic (exact) mass is 548 g/mol. The molecule has 200 valence electrons. The molecule has 1 fully saturated rings. The quantitative estimate of drug-likeness (QED) is 0.371. The lowest BCUT2D eigenvalue weighted by Crippen LogP contribution is -2.47. The molecule has 0 aliphatic carbocycles. The van der Waals surface area contributed by atoms with Crippen LogP contribution in [0.25, 0.3) is 0 Å². The maximum atomic E-state index is 14.6. The number of carbonyl (C=O) groups excluding carboxylic acids is 3. The van der Waals surface area contributed by atoms with Crippen LogP contribution in [-0.4, -0.2) is 53.2 Å². The largest absolute Gasteiger partial charge is 0.443 e. The molecule has 2 aromatic rings. The molecule has 1 atom stereocenters. The van der Waals surface area contributed by atoms with E-state index in [9.17, 15) is 36.3 Å². The van der Waals surface area contributed by atoms with Gasteiger partial charge >= 0.3 is 18.3 Å². The second-order valence-corrected chi connectivity index (χ2v) is 9.58. The van der Waals surface area contributed by atoms with Gasteiger partial charge in [0, 0.05) is 12.7 Å². The summed E-state index contributed by atoms with van der Waals surface area (Å²) in [5.41, 5.74) is -2.77. The molecule has 0 saturated carbocycles. The summed E-state index contributed by atoms with van der Waals surface area (Å²) >= 11 is 5.60. The summed E-state index contributed by atoms with van der Waals surface area (Å²) in [6, 6.07) is 0.224. The predicted octanol–water partition coefficient (Wildman–Crippen LogP) is 5.55. The van der Waals surface area contributed by atoms with Gasteiger partial charge in [-0.3, -0.25) is 9.69 Å². The minimum atomic E-state index is -4.81. The van der Waals surface area contributed by atoms with Crippen molar-refractivity contribution in [2.75, 3.05) is 23.4 Å². The lowest BCUT2D eigenvalue weighted by atomic mass is 10.1. The zero-order valence-electron chi connectivity index (χ0n) is 20.3. The number of likely N-dealkylation sites (N-methyl/N-ethyl adjacent to an activating group) is 1. The fourth-order valence-electron chi connectivity index (χ4n) is 3.57. The average molecular weight is 549 g/mol. The number of benzene rings is 1. The van der Waals surface area contributed by atoms with E-state index >= 15 is 0 Å². The van der Waals surface area contributed by atoms with Crippen molar-refractivity contribution in [2.45, 2.75) is 45.5 Å². The molecule has 14 heteroatoms. The molecule has 1 aliphatic rings. The molecule has 2 heterocycles. The highest BCUT2D eigenvalue weighted by Gasteiger charge is 2.49. The van der Waals surface area contributed by atoms with Gasteiger partial charge in [0.15, 0.2) is 5.82 Å². The predicted molar refractivity (Wildman–Crippen MR) is 123 cm³/mol. The number of nitrogens with zero attached hydrogens (tertiary/aromatic N) is 4. The third-order valence-corrected chi connectivity index (χ3v) is 5.57. The number of rotatable bonds is 3. The van der Waals surface area contributed by atoms with Crippen molar-refractivity contribution < 1.29 is 41.1 Å². The number of hydrogen-bond acceptors (Lipinski definition) is 5. The van der Waals surface area contributed by atoms with Crippen LogP contribution in [0.3, 0.4) is 0 Å². The number of amides is 4. The van der Waals surface area contributed by atoms with Crippen LogP contribution < -0.4 is 9.80 Å². The number of ether oxygens (including phenoxy) is 1. The van der Waals surface area contributed by atoms with E-state index in [1.165, 1.54) is 27.7 Å². The molecule has 0 spiro atoms. The topological polar surface area (TPSA) is 83.1 Å². The Morgan fingerprint density at radius 2 is 1.78 bits per heavy atom. The van der Waals surface area contributed by atoms with Crippen LogP contribution in [0, 0.1) is 18.6 Å². The molecule has 37 heavy (non-hydrogen) atoms. The van der Waals surface area contributed by atoms with Gasteiger partial charge in [-0.25, -0.2) is 28.3 Å². The first-order chi connectivity index (χ1) is 16.9. The van der Waals surface area contributed by atoms with Crippen molar-refractivity contribution in [3.05, 3.63) is 52.2 Å². The van der Waals surface area contributed by atoms with Crippen LogP contribution in [0.15, 0.2) is 24.3 Å². The van der Waals surface area contributed by atoms with E-state index in [1.54, 1.807) is 0 Å². The third-order valence-electron chi connectivity index (χ3n) is 5.22. The zero-order chi connectivity index (χ0) is 28.0. The second kappa shape index (κ2) is 9.77. The van der Waals surface area contributed by atoms with Crippen LogP contribution in [0.2, 0.25) is 5.02 Å². The van der Waals surface area contributed by atoms with Gasteiger partial charge in [0.05, 0.1) is 17.8 Å². The molecule has 0 N–H and O–H groups in total. The molecule has 1 aromatic heterocycles. The Morgan fingerprint density at radius 1 is 1.16 bits per heavy atom.